The van der Waals surface area contributed by atoms with Crippen LogP contribution < -0.4 is 10.6 Å². The van der Waals surface area contributed by atoms with Gasteiger partial charge in [-0.3, -0.25) is 9.36 Å². The fourth-order valence-electron chi connectivity index (χ4n) is 2.67. The summed E-state index contributed by atoms with van der Waals surface area (Å²) >= 11 is 17.0. The third-order valence-corrected chi connectivity index (χ3v) is 4.33. The molecule has 3 rings (SSSR count). The minimum Gasteiger partial charge on any atom is -0.399 e. The molecule has 1 fully saturated rings. The van der Waals surface area contributed by atoms with Crippen LogP contribution in [0.1, 0.15) is 0 Å². The number of amides is 1. The number of nitrogen functional groups attached to an aromatic ring is 1. The Morgan fingerprint density at radius 1 is 1.04 bits per heavy atom. The molecule has 2 heterocycles. The van der Waals surface area contributed by atoms with E-state index in [4.69, 9.17) is 40.5 Å². The zero-order chi connectivity index (χ0) is 17.3. The minimum atomic E-state index is -1.92. The summed E-state index contributed by atoms with van der Waals surface area (Å²) in [5.41, 5.74) is 8.40. The molecule has 2 N–H and O–H groups in total. The highest BCUT2D eigenvalue weighted by atomic mass is 35.6. The first kappa shape index (κ1) is 17.1. The molecule has 1 aromatic heterocycles. The molecule has 2 aromatic rings. The van der Waals surface area contributed by atoms with Crippen LogP contribution in [0, 0.1) is 0 Å². The van der Waals surface area contributed by atoms with Crippen molar-refractivity contribution in [2.45, 2.75) is 3.79 Å². The van der Waals surface area contributed by atoms with Gasteiger partial charge in [-0.05, 0) is 18.2 Å². The number of hydrogen-bond acceptors (Lipinski definition) is 5. The molecule has 128 valence electrons. The fourth-order valence-corrected chi connectivity index (χ4v) is 3.03. The van der Waals surface area contributed by atoms with Gasteiger partial charge in [0.25, 0.3) is 9.70 Å². The van der Waals surface area contributed by atoms with Gasteiger partial charge in [-0.1, -0.05) is 34.8 Å². The first-order valence-electron chi connectivity index (χ1n) is 7.22. The molecule has 1 aromatic carbocycles. The second kappa shape index (κ2) is 6.66. The molecule has 10 heteroatoms. The van der Waals surface area contributed by atoms with Crippen molar-refractivity contribution in [1.82, 2.24) is 19.7 Å². The molecule has 0 unspecified atom stereocenters. The monoisotopic (exact) mass is 388 g/mol. The highest BCUT2D eigenvalue weighted by molar-refractivity contribution is 6.76. The van der Waals surface area contributed by atoms with Crippen LogP contribution in [-0.4, -0.2) is 55.5 Å². The lowest BCUT2D eigenvalue weighted by molar-refractivity contribution is -0.130. The van der Waals surface area contributed by atoms with Crippen LogP contribution in [0.4, 0.5) is 11.4 Å². The summed E-state index contributed by atoms with van der Waals surface area (Å²) in [7, 11) is 0. The number of alkyl halides is 3. The molecular weight excluding hydrogens is 375 g/mol. The van der Waals surface area contributed by atoms with Crippen molar-refractivity contribution < 1.29 is 4.79 Å². The maximum absolute atomic E-state index is 12.0. The van der Waals surface area contributed by atoms with Crippen LogP contribution in [0.25, 0.3) is 5.69 Å². The number of nitrogens with two attached hydrogens (primary N) is 1. The van der Waals surface area contributed by atoms with Crippen molar-refractivity contribution in [3.63, 3.8) is 0 Å². The topological polar surface area (TPSA) is 80.3 Å². The van der Waals surface area contributed by atoms with Crippen molar-refractivity contribution in [3.8, 4) is 5.69 Å². The highest BCUT2D eigenvalue weighted by Gasteiger charge is 2.36. The van der Waals surface area contributed by atoms with Gasteiger partial charge < -0.3 is 15.5 Å². The lowest BCUT2D eigenvalue weighted by Gasteiger charge is -2.38. The maximum atomic E-state index is 12.0. The van der Waals surface area contributed by atoms with Crippen LogP contribution >= 0.6 is 34.8 Å². The number of nitrogens with zero attached hydrogens (tertiary/aromatic N) is 5. The Balaban J connectivity index is 1.79. The Morgan fingerprint density at radius 2 is 1.67 bits per heavy atom. The largest absolute Gasteiger partial charge is 0.399 e. The number of anilines is 2. The van der Waals surface area contributed by atoms with E-state index in [2.05, 4.69) is 15.1 Å². The summed E-state index contributed by atoms with van der Waals surface area (Å²) in [6, 6.07) is 5.64. The summed E-state index contributed by atoms with van der Waals surface area (Å²) in [6.07, 6.45) is 3.22. The highest BCUT2D eigenvalue weighted by Crippen LogP contribution is 2.31. The van der Waals surface area contributed by atoms with E-state index in [1.807, 2.05) is 18.2 Å². The zero-order valence-electron chi connectivity index (χ0n) is 12.6. The van der Waals surface area contributed by atoms with Gasteiger partial charge in [0.1, 0.15) is 12.7 Å². The van der Waals surface area contributed by atoms with Crippen LogP contribution in [0.5, 0.6) is 0 Å². The Bertz CT molecular complexity index is 723. The first-order chi connectivity index (χ1) is 11.4. The molecule has 0 spiro atoms. The lowest BCUT2D eigenvalue weighted by atomic mass is 10.2. The smallest absolute Gasteiger partial charge is 0.274 e. The Kier molecular flexibility index (Phi) is 4.76. The van der Waals surface area contributed by atoms with Crippen molar-refractivity contribution >= 4 is 52.1 Å². The number of carbonyl (C=O) groups is 1. The fraction of sp³-hybridized carbons (Fsp3) is 0.357. The van der Waals surface area contributed by atoms with Crippen LogP contribution in [-0.2, 0) is 4.79 Å². The van der Waals surface area contributed by atoms with E-state index in [-0.39, 0.29) is 0 Å². The molecule has 1 amide bonds. The van der Waals surface area contributed by atoms with Gasteiger partial charge in [0.15, 0.2) is 0 Å². The van der Waals surface area contributed by atoms with Crippen LogP contribution in [0.2, 0.25) is 0 Å². The van der Waals surface area contributed by atoms with Crippen molar-refractivity contribution in [1.29, 1.82) is 0 Å². The molecule has 1 saturated heterocycles. The number of carbonyl (C=O) groups excluding carboxylic acids is 1. The number of hydrogen-bond donors (Lipinski definition) is 1. The molecule has 24 heavy (non-hydrogen) atoms. The molecule has 0 radical (unpaired) electrons. The van der Waals surface area contributed by atoms with Crippen LogP contribution in [0.3, 0.4) is 0 Å². The van der Waals surface area contributed by atoms with E-state index in [0.29, 0.717) is 31.9 Å². The molecule has 1 aliphatic rings. The maximum Gasteiger partial charge on any atom is 0.274 e. The Hall–Kier alpha value is -1.70. The predicted molar refractivity (Wildman–Crippen MR) is 94.9 cm³/mol. The second-order valence-corrected chi connectivity index (χ2v) is 7.68. The number of aromatic nitrogens is 3. The van der Waals surface area contributed by atoms with E-state index >= 15 is 0 Å². The molecule has 0 bridgehead atoms. The molecular formula is C14H15Cl3N6O. The summed E-state index contributed by atoms with van der Waals surface area (Å²) in [5.74, 6) is -0.497. The number of halogens is 3. The molecule has 7 nitrogen and oxygen atoms in total. The van der Waals surface area contributed by atoms with E-state index in [0.717, 1.165) is 11.4 Å². The minimum absolute atomic E-state index is 0.471. The average Bonchev–Trinajstić information content (AvgIpc) is 3.08. The quantitative estimate of drug-likeness (QED) is 0.626. The Labute approximate surface area is 153 Å². The first-order valence-corrected chi connectivity index (χ1v) is 8.35. The summed E-state index contributed by atoms with van der Waals surface area (Å²) in [6.45, 7) is 2.18. The molecule has 1 aliphatic heterocycles. The zero-order valence-corrected chi connectivity index (χ0v) is 14.8. The normalized spacial score (nSPS) is 15.6. The number of benzene rings is 1. The van der Waals surface area contributed by atoms with Gasteiger partial charge in [-0.15, -0.1) is 10.2 Å². The van der Waals surface area contributed by atoms with E-state index in [1.165, 1.54) is 0 Å². The third kappa shape index (κ3) is 3.53. The lowest BCUT2D eigenvalue weighted by Crippen LogP contribution is -2.52. The average molecular weight is 390 g/mol. The van der Waals surface area contributed by atoms with Gasteiger partial charge >= 0.3 is 0 Å². The molecule has 0 saturated carbocycles. The summed E-state index contributed by atoms with van der Waals surface area (Å²) in [4.78, 5) is 15.7. The summed E-state index contributed by atoms with van der Waals surface area (Å²) < 4.78 is -0.123. The van der Waals surface area contributed by atoms with Gasteiger partial charge in [-0.25, -0.2) is 0 Å². The molecule has 0 aliphatic carbocycles. The van der Waals surface area contributed by atoms with Crippen molar-refractivity contribution in [2.75, 3.05) is 36.8 Å². The number of piperazine rings is 1. The van der Waals surface area contributed by atoms with E-state index in [9.17, 15) is 4.79 Å². The standard InChI is InChI=1S/C14H15Cl3N6O/c15-14(16,17)13(24)22-5-3-21(4-6-22)11-2-1-10(18)7-12(11)23-8-19-20-9-23/h1-2,7-9H,3-6,18H2. The van der Waals surface area contributed by atoms with Crippen molar-refractivity contribution in [3.05, 3.63) is 30.9 Å². The third-order valence-electron chi connectivity index (χ3n) is 3.85. The number of rotatable bonds is 2. The van der Waals surface area contributed by atoms with Gasteiger partial charge in [0.05, 0.1) is 11.4 Å². The van der Waals surface area contributed by atoms with Gasteiger partial charge in [-0.2, -0.15) is 0 Å². The van der Waals surface area contributed by atoms with Gasteiger partial charge in [0, 0.05) is 31.9 Å². The summed E-state index contributed by atoms with van der Waals surface area (Å²) in [5, 5.41) is 7.67. The van der Waals surface area contributed by atoms with E-state index < -0.39 is 9.70 Å². The van der Waals surface area contributed by atoms with Gasteiger partial charge in [0.2, 0.25) is 0 Å². The van der Waals surface area contributed by atoms with E-state index in [1.54, 1.807) is 22.1 Å². The molecule has 0 atom stereocenters. The SMILES string of the molecule is Nc1ccc(N2CCN(C(=O)C(Cl)(Cl)Cl)CC2)c(-n2cnnc2)c1. The van der Waals surface area contributed by atoms with Crippen LogP contribution in [0.15, 0.2) is 30.9 Å². The van der Waals surface area contributed by atoms with Crippen molar-refractivity contribution in [2.24, 2.45) is 0 Å². The second-order valence-electron chi connectivity index (χ2n) is 5.39. The predicted octanol–water partition coefficient (Wildman–Crippen LogP) is 1.87. The Morgan fingerprint density at radius 3 is 2.25 bits per heavy atom.